The van der Waals surface area contributed by atoms with Crippen molar-refractivity contribution >= 4 is 5.91 Å². The molecule has 0 aromatic rings. The highest BCUT2D eigenvalue weighted by atomic mass is 16.5. The lowest BCUT2D eigenvalue weighted by molar-refractivity contribution is -0.154. The highest BCUT2D eigenvalue weighted by Crippen LogP contribution is 2.41. The minimum Gasteiger partial charge on any atom is -0.393 e. The van der Waals surface area contributed by atoms with Crippen molar-refractivity contribution < 1.29 is 14.6 Å². The van der Waals surface area contributed by atoms with Crippen LogP contribution < -0.4 is 5.32 Å². The van der Waals surface area contributed by atoms with Crippen LogP contribution in [0.3, 0.4) is 0 Å². The van der Waals surface area contributed by atoms with Gasteiger partial charge >= 0.3 is 0 Å². The van der Waals surface area contributed by atoms with Crippen LogP contribution in [0.4, 0.5) is 0 Å². The first-order valence-electron chi connectivity index (χ1n) is 7.87. The molecule has 2 unspecified atom stereocenters. The minimum atomic E-state index is -0.344. The third kappa shape index (κ3) is 2.36. The topological polar surface area (TPSA) is 61.8 Å². The van der Waals surface area contributed by atoms with Crippen molar-refractivity contribution in [2.24, 2.45) is 5.41 Å². The summed E-state index contributed by atoms with van der Waals surface area (Å²) in [4.78, 5) is 15.3. The van der Waals surface area contributed by atoms with Crippen molar-refractivity contribution in [2.75, 3.05) is 26.8 Å². The smallest absolute Gasteiger partial charge is 0.231 e. The van der Waals surface area contributed by atoms with Gasteiger partial charge in [0, 0.05) is 19.2 Å². The Balaban J connectivity index is 1.79. The molecular weight excluding hydrogens is 256 g/mol. The first kappa shape index (κ1) is 14.3. The number of aliphatic hydroxyl groups excluding tert-OH is 1. The Morgan fingerprint density at radius 3 is 2.45 bits per heavy atom. The van der Waals surface area contributed by atoms with Gasteiger partial charge in [0.25, 0.3) is 0 Å². The highest BCUT2D eigenvalue weighted by molar-refractivity contribution is 5.84. The second kappa shape index (κ2) is 5.62. The van der Waals surface area contributed by atoms with Gasteiger partial charge in [-0.25, -0.2) is 0 Å². The molecule has 1 amide bonds. The number of nitrogens with one attached hydrogen (secondary N) is 1. The van der Waals surface area contributed by atoms with Gasteiger partial charge in [0.2, 0.25) is 5.91 Å². The number of rotatable bonds is 3. The molecule has 3 saturated heterocycles. The molecule has 0 radical (unpaired) electrons. The lowest BCUT2D eigenvalue weighted by atomic mass is 9.77. The zero-order valence-electron chi connectivity index (χ0n) is 12.3. The standard InChI is InChI=1S/C15H26N2O3/c1-20-10-15(4-6-16-7-5-15)14(19)17-11-2-3-12(17)9-13(18)8-11/h11-13,16,18H,2-10H2,1H3. The van der Waals surface area contributed by atoms with Gasteiger partial charge in [-0.05, 0) is 51.6 Å². The van der Waals surface area contributed by atoms with E-state index >= 15 is 0 Å². The molecule has 0 aromatic heterocycles. The predicted octanol–water partition coefficient (Wildman–Crippen LogP) is 0.517. The van der Waals surface area contributed by atoms with E-state index in [0.717, 1.165) is 51.6 Å². The zero-order chi connectivity index (χ0) is 14.2. The third-order valence-electron chi connectivity index (χ3n) is 5.38. The van der Waals surface area contributed by atoms with Crippen LogP contribution in [-0.4, -0.2) is 60.9 Å². The van der Waals surface area contributed by atoms with Crippen molar-refractivity contribution in [3.05, 3.63) is 0 Å². The van der Waals surface area contributed by atoms with Crippen LogP contribution in [-0.2, 0) is 9.53 Å². The molecule has 3 heterocycles. The Bertz CT molecular complexity index is 349. The number of aliphatic hydroxyl groups is 1. The van der Waals surface area contributed by atoms with Crippen molar-refractivity contribution in [2.45, 2.75) is 56.7 Å². The van der Waals surface area contributed by atoms with Gasteiger partial charge in [0.05, 0.1) is 18.1 Å². The number of ether oxygens (including phenoxy) is 1. The van der Waals surface area contributed by atoms with E-state index in [1.807, 2.05) is 0 Å². The van der Waals surface area contributed by atoms with Gasteiger partial charge in [0.15, 0.2) is 0 Å². The van der Waals surface area contributed by atoms with Gasteiger partial charge in [-0.3, -0.25) is 4.79 Å². The molecule has 20 heavy (non-hydrogen) atoms. The van der Waals surface area contributed by atoms with E-state index in [2.05, 4.69) is 10.2 Å². The van der Waals surface area contributed by atoms with Crippen LogP contribution in [0.5, 0.6) is 0 Å². The van der Waals surface area contributed by atoms with E-state index in [0.29, 0.717) is 6.61 Å². The van der Waals surface area contributed by atoms with Crippen LogP contribution in [0.1, 0.15) is 38.5 Å². The maximum absolute atomic E-state index is 13.2. The summed E-state index contributed by atoms with van der Waals surface area (Å²) < 4.78 is 5.38. The molecule has 2 bridgehead atoms. The molecule has 3 rings (SSSR count). The summed E-state index contributed by atoms with van der Waals surface area (Å²) in [6, 6.07) is 0.500. The molecule has 3 fully saturated rings. The van der Waals surface area contributed by atoms with Crippen LogP contribution >= 0.6 is 0 Å². The average Bonchev–Trinajstić information content (AvgIpc) is 2.71. The van der Waals surface area contributed by atoms with Crippen LogP contribution in [0, 0.1) is 5.41 Å². The van der Waals surface area contributed by atoms with Gasteiger partial charge in [-0.15, -0.1) is 0 Å². The van der Waals surface area contributed by atoms with Gasteiger partial charge in [-0.1, -0.05) is 0 Å². The highest BCUT2D eigenvalue weighted by Gasteiger charge is 2.50. The Labute approximate surface area is 120 Å². The number of nitrogens with zero attached hydrogens (tertiary/aromatic N) is 1. The fraction of sp³-hybridized carbons (Fsp3) is 0.933. The maximum Gasteiger partial charge on any atom is 0.231 e. The van der Waals surface area contributed by atoms with E-state index in [-0.39, 0.29) is 29.5 Å². The number of hydrogen-bond donors (Lipinski definition) is 2. The number of methoxy groups -OCH3 is 1. The molecule has 0 aromatic carbocycles. The third-order valence-corrected chi connectivity index (χ3v) is 5.38. The number of amides is 1. The number of fused-ring (bicyclic) bond motifs is 2. The molecule has 0 spiro atoms. The van der Waals surface area contributed by atoms with Crippen molar-refractivity contribution in [3.63, 3.8) is 0 Å². The van der Waals surface area contributed by atoms with E-state index in [1.165, 1.54) is 0 Å². The molecule has 5 nitrogen and oxygen atoms in total. The first-order chi connectivity index (χ1) is 9.66. The summed E-state index contributed by atoms with van der Waals surface area (Å²) in [6.45, 7) is 2.30. The quantitative estimate of drug-likeness (QED) is 0.792. The second-order valence-corrected chi connectivity index (χ2v) is 6.69. The van der Waals surface area contributed by atoms with Crippen LogP contribution in [0.2, 0.25) is 0 Å². The zero-order valence-corrected chi connectivity index (χ0v) is 12.3. The number of hydrogen-bond acceptors (Lipinski definition) is 4. The summed E-state index contributed by atoms with van der Waals surface area (Å²) in [7, 11) is 1.69. The molecule has 3 aliphatic rings. The average molecular weight is 282 g/mol. The minimum absolute atomic E-state index is 0.219. The molecule has 5 heteroatoms. The van der Waals surface area contributed by atoms with Gasteiger partial charge in [-0.2, -0.15) is 0 Å². The lowest BCUT2D eigenvalue weighted by Crippen LogP contribution is -2.57. The molecule has 0 saturated carbocycles. The number of carbonyl (C=O) groups is 1. The molecule has 114 valence electrons. The largest absolute Gasteiger partial charge is 0.393 e. The van der Waals surface area contributed by atoms with Crippen molar-refractivity contribution in [1.82, 2.24) is 10.2 Å². The summed E-state index contributed by atoms with van der Waals surface area (Å²) >= 11 is 0. The molecule has 0 aliphatic carbocycles. The molecular formula is C15H26N2O3. The summed E-state index contributed by atoms with van der Waals surface area (Å²) in [6.07, 6.45) is 5.11. The lowest BCUT2D eigenvalue weighted by Gasteiger charge is -2.45. The first-order valence-corrected chi connectivity index (χ1v) is 7.87. The second-order valence-electron chi connectivity index (χ2n) is 6.69. The fourth-order valence-electron chi connectivity index (χ4n) is 4.36. The Morgan fingerprint density at radius 1 is 1.30 bits per heavy atom. The Hall–Kier alpha value is -0.650. The van der Waals surface area contributed by atoms with Crippen molar-refractivity contribution in [1.29, 1.82) is 0 Å². The summed E-state index contributed by atoms with van der Waals surface area (Å²) in [5, 5.41) is 13.2. The molecule has 3 aliphatic heterocycles. The van der Waals surface area contributed by atoms with Crippen molar-refractivity contribution in [3.8, 4) is 0 Å². The normalized spacial score (nSPS) is 36.1. The van der Waals surface area contributed by atoms with Crippen LogP contribution in [0.25, 0.3) is 0 Å². The summed E-state index contributed by atoms with van der Waals surface area (Å²) in [5.41, 5.74) is -0.344. The van der Waals surface area contributed by atoms with E-state index in [4.69, 9.17) is 4.74 Å². The molecule has 2 atom stereocenters. The maximum atomic E-state index is 13.2. The SMILES string of the molecule is COCC1(C(=O)N2C3CCC2CC(O)C3)CCNCC1. The number of carbonyl (C=O) groups excluding carboxylic acids is 1. The molecule has 2 N–H and O–H groups in total. The van der Waals surface area contributed by atoms with E-state index in [1.54, 1.807) is 7.11 Å². The van der Waals surface area contributed by atoms with Gasteiger partial charge in [0.1, 0.15) is 0 Å². The van der Waals surface area contributed by atoms with Gasteiger partial charge < -0.3 is 20.1 Å². The number of piperidine rings is 2. The van der Waals surface area contributed by atoms with E-state index < -0.39 is 0 Å². The fourth-order valence-corrected chi connectivity index (χ4v) is 4.36. The Kier molecular flexibility index (Phi) is 4.02. The van der Waals surface area contributed by atoms with E-state index in [9.17, 15) is 9.90 Å². The Morgan fingerprint density at radius 2 is 1.90 bits per heavy atom. The monoisotopic (exact) mass is 282 g/mol. The summed E-state index contributed by atoms with van der Waals surface area (Å²) in [5.74, 6) is 0.278. The predicted molar refractivity (Wildman–Crippen MR) is 75.3 cm³/mol. The van der Waals surface area contributed by atoms with Crippen LogP contribution in [0.15, 0.2) is 0 Å².